The second kappa shape index (κ2) is 8.69. The Morgan fingerprint density at radius 2 is 1.32 bits per heavy atom. The molecule has 148 valence electrons. The van der Waals surface area contributed by atoms with Gasteiger partial charge in [0.15, 0.2) is 0 Å². The molecule has 2 aromatic carbocycles. The van der Waals surface area contributed by atoms with Crippen molar-refractivity contribution in [3.63, 3.8) is 0 Å². The van der Waals surface area contributed by atoms with E-state index in [-0.39, 0.29) is 29.7 Å². The molecule has 0 atom stereocenters. The summed E-state index contributed by atoms with van der Waals surface area (Å²) in [6.07, 6.45) is 0. The fraction of sp³-hybridized carbons (Fsp3) is 0.318. The van der Waals surface area contributed by atoms with Gasteiger partial charge in [-0.15, -0.1) is 0 Å². The largest absolute Gasteiger partial charge is 0.326 e. The Morgan fingerprint density at radius 1 is 0.821 bits per heavy atom. The molecule has 0 radical (unpaired) electrons. The summed E-state index contributed by atoms with van der Waals surface area (Å²) in [5.74, 6) is -0.673. The molecule has 6 heteroatoms. The Hall–Kier alpha value is -3.15. The topological polar surface area (TPSA) is 78.5 Å². The van der Waals surface area contributed by atoms with Crippen molar-refractivity contribution in [1.29, 1.82) is 0 Å². The van der Waals surface area contributed by atoms with E-state index in [9.17, 15) is 14.4 Å². The van der Waals surface area contributed by atoms with Gasteiger partial charge in [0, 0.05) is 30.9 Å². The lowest BCUT2D eigenvalue weighted by atomic mass is 9.87. The van der Waals surface area contributed by atoms with E-state index >= 15 is 0 Å². The molecule has 0 fully saturated rings. The first-order valence-electron chi connectivity index (χ1n) is 9.12. The third-order valence-corrected chi connectivity index (χ3v) is 4.22. The molecule has 0 aliphatic heterocycles. The van der Waals surface area contributed by atoms with E-state index in [2.05, 4.69) is 31.4 Å². The molecule has 0 aliphatic carbocycles. The summed E-state index contributed by atoms with van der Waals surface area (Å²) in [5.41, 5.74) is 3.08. The van der Waals surface area contributed by atoms with Gasteiger partial charge in [0.2, 0.25) is 17.7 Å². The molecule has 0 heterocycles. The van der Waals surface area contributed by atoms with E-state index in [1.54, 1.807) is 24.3 Å². The average Bonchev–Trinajstić information content (AvgIpc) is 2.60. The zero-order valence-electron chi connectivity index (χ0n) is 17.0. The maximum absolute atomic E-state index is 12.4. The van der Waals surface area contributed by atoms with Crippen LogP contribution in [0.1, 0.15) is 40.2 Å². The van der Waals surface area contributed by atoms with Crippen LogP contribution in [-0.4, -0.2) is 24.3 Å². The van der Waals surface area contributed by atoms with Crippen LogP contribution < -0.4 is 15.5 Å². The highest BCUT2D eigenvalue weighted by Gasteiger charge is 2.18. The van der Waals surface area contributed by atoms with Gasteiger partial charge in [0.05, 0.1) is 0 Å². The maximum Gasteiger partial charge on any atom is 0.244 e. The average molecular weight is 381 g/mol. The molecule has 28 heavy (non-hydrogen) atoms. The molecule has 0 bridgehead atoms. The number of nitrogens with zero attached hydrogens (tertiary/aromatic N) is 1. The predicted molar refractivity (Wildman–Crippen MR) is 113 cm³/mol. The van der Waals surface area contributed by atoms with Crippen molar-refractivity contribution < 1.29 is 14.4 Å². The SMILES string of the molecule is CC(=O)Nc1ccc(NC(=O)CN(C(C)=O)c2ccc(C(C)(C)C)cc2)cc1. The van der Waals surface area contributed by atoms with Crippen LogP contribution in [0.25, 0.3) is 0 Å². The van der Waals surface area contributed by atoms with Crippen molar-refractivity contribution >= 4 is 34.8 Å². The first-order chi connectivity index (χ1) is 13.1. The van der Waals surface area contributed by atoms with E-state index in [0.717, 1.165) is 5.56 Å². The van der Waals surface area contributed by atoms with Gasteiger partial charge in [-0.1, -0.05) is 32.9 Å². The Morgan fingerprint density at radius 3 is 1.75 bits per heavy atom. The van der Waals surface area contributed by atoms with Gasteiger partial charge in [-0.2, -0.15) is 0 Å². The molecule has 0 unspecified atom stereocenters. The fourth-order valence-electron chi connectivity index (χ4n) is 2.71. The van der Waals surface area contributed by atoms with Crippen LogP contribution in [0.5, 0.6) is 0 Å². The van der Waals surface area contributed by atoms with Gasteiger partial charge in [0.25, 0.3) is 0 Å². The standard InChI is InChI=1S/C22H27N3O3/c1-15(26)23-18-8-10-19(11-9-18)24-21(28)14-25(16(2)27)20-12-6-17(7-13-20)22(3,4)5/h6-13H,14H2,1-5H3,(H,23,26)(H,24,28). The van der Waals surface area contributed by atoms with Crippen molar-refractivity contribution in [1.82, 2.24) is 0 Å². The van der Waals surface area contributed by atoms with Gasteiger partial charge in [-0.3, -0.25) is 14.4 Å². The number of benzene rings is 2. The second-order valence-corrected chi connectivity index (χ2v) is 7.71. The molecule has 6 nitrogen and oxygen atoms in total. The van der Waals surface area contributed by atoms with Crippen LogP contribution in [0.3, 0.4) is 0 Å². The van der Waals surface area contributed by atoms with Crippen molar-refractivity contribution in [2.24, 2.45) is 0 Å². The minimum absolute atomic E-state index is 0.0143. The first kappa shape index (κ1) is 21.2. The Labute approximate surface area is 165 Å². The summed E-state index contributed by atoms with van der Waals surface area (Å²) in [6.45, 7) is 9.14. The Kier molecular flexibility index (Phi) is 6.57. The van der Waals surface area contributed by atoms with Crippen LogP contribution >= 0.6 is 0 Å². The summed E-state index contributed by atoms with van der Waals surface area (Å²) in [6, 6.07) is 14.5. The summed E-state index contributed by atoms with van der Waals surface area (Å²) in [5, 5.41) is 5.43. The normalized spacial score (nSPS) is 10.9. The zero-order chi connectivity index (χ0) is 20.9. The highest BCUT2D eigenvalue weighted by atomic mass is 16.2. The number of nitrogens with one attached hydrogen (secondary N) is 2. The van der Waals surface area contributed by atoms with Crippen LogP contribution in [0, 0.1) is 0 Å². The summed E-state index contributed by atoms with van der Waals surface area (Å²) >= 11 is 0. The number of hydrogen-bond donors (Lipinski definition) is 2. The van der Waals surface area contributed by atoms with Crippen LogP contribution in [0.4, 0.5) is 17.1 Å². The van der Waals surface area contributed by atoms with Crippen molar-refractivity contribution in [2.45, 2.75) is 40.0 Å². The lowest BCUT2D eigenvalue weighted by Crippen LogP contribution is -2.36. The quantitative estimate of drug-likeness (QED) is 0.823. The highest BCUT2D eigenvalue weighted by molar-refractivity contribution is 6.02. The Bertz CT molecular complexity index is 850. The maximum atomic E-state index is 12.4. The number of carbonyl (C=O) groups excluding carboxylic acids is 3. The minimum Gasteiger partial charge on any atom is -0.326 e. The summed E-state index contributed by atoms with van der Waals surface area (Å²) in [7, 11) is 0. The minimum atomic E-state index is -0.303. The number of hydrogen-bond acceptors (Lipinski definition) is 3. The van der Waals surface area contributed by atoms with Gasteiger partial charge < -0.3 is 15.5 Å². The first-order valence-corrected chi connectivity index (χ1v) is 9.12. The number of carbonyl (C=O) groups is 3. The third-order valence-electron chi connectivity index (χ3n) is 4.22. The van der Waals surface area contributed by atoms with E-state index < -0.39 is 0 Å². The molecule has 0 aliphatic rings. The van der Waals surface area contributed by atoms with E-state index in [0.29, 0.717) is 17.1 Å². The molecule has 2 N–H and O–H groups in total. The number of anilines is 3. The number of rotatable bonds is 5. The predicted octanol–water partition coefficient (Wildman–Crippen LogP) is 3.93. The van der Waals surface area contributed by atoms with Crippen molar-refractivity contribution in [3.05, 3.63) is 54.1 Å². The molecular formula is C22H27N3O3. The van der Waals surface area contributed by atoms with Gasteiger partial charge in [-0.25, -0.2) is 0 Å². The second-order valence-electron chi connectivity index (χ2n) is 7.71. The van der Waals surface area contributed by atoms with Crippen molar-refractivity contribution in [3.8, 4) is 0 Å². The molecule has 0 spiro atoms. The molecule has 2 aromatic rings. The molecule has 0 aromatic heterocycles. The van der Waals surface area contributed by atoms with Crippen LogP contribution in [-0.2, 0) is 19.8 Å². The highest BCUT2D eigenvalue weighted by Crippen LogP contribution is 2.25. The summed E-state index contributed by atoms with van der Waals surface area (Å²) in [4.78, 5) is 37.0. The molecule has 3 amide bonds. The number of amides is 3. The van der Waals surface area contributed by atoms with Gasteiger partial charge in [0.1, 0.15) is 6.54 Å². The Balaban J connectivity index is 2.06. The van der Waals surface area contributed by atoms with Gasteiger partial charge in [-0.05, 0) is 47.4 Å². The van der Waals surface area contributed by atoms with Gasteiger partial charge >= 0.3 is 0 Å². The molecule has 0 saturated carbocycles. The third kappa shape index (κ3) is 5.94. The van der Waals surface area contributed by atoms with E-state index in [4.69, 9.17) is 0 Å². The molecule has 2 rings (SSSR count). The summed E-state index contributed by atoms with van der Waals surface area (Å²) < 4.78 is 0. The lowest BCUT2D eigenvalue weighted by molar-refractivity contribution is -0.120. The zero-order valence-corrected chi connectivity index (χ0v) is 17.0. The smallest absolute Gasteiger partial charge is 0.244 e. The van der Waals surface area contributed by atoms with Crippen LogP contribution in [0.2, 0.25) is 0 Å². The van der Waals surface area contributed by atoms with Crippen LogP contribution in [0.15, 0.2) is 48.5 Å². The fourth-order valence-corrected chi connectivity index (χ4v) is 2.71. The lowest BCUT2D eigenvalue weighted by Gasteiger charge is -2.23. The molecule has 0 saturated heterocycles. The monoisotopic (exact) mass is 381 g/mol. The molecular weight excluding hydrogens is 354 g/mol. The van der Waals surface area contributed by atoms with E-state index in [1.807, 2.05) is 24.3 Å². The van der Waals surface area contributed by atoms with E-state index in [1.165, 1.54) is 18.7 Å². The van der Waals surface area contributed by atoms with Crippen molar-refractivity contribution in [2.75, 3.05) is 22.1 Å².